The van der Waals surface area contributed by atoms with Crippen LogP contribution in [-0.4, -0.2) is 62.9 Å². The minimum atomic E-state index is -0.809. The standard InChI is InChI=1S/C13H28N2O3/c1-7-15(8-2)10-9-14-13(4,11(3)17-5)12(16)18-6/h11,14H,7-10H2,1-6H3. The minimum Gasteiger partial charge on any atom is -0.468 e. The Morgan fingerprint density at radius 3 is 2.28 bits per heavy atom. The molecule has 1 N–H and O–H groups in total. The van der Waals surface area contributed by atoms with E-state index in [1.165, 1.54) is 7.11 Å². The van der Waals surface area contributed by atoms with Gasteiger partial charge in [-0.3, -0.25) is 5.32 Å². The Kier molecular flexibility index (Phi) is 8.15. The van der Waals surface area contributed by atoms with Gasteiger partial charge in [0.1, 0.15) is 5.54 Å². The Labute approximate surface area is 111 Å². The van der Waals surface area contributed by atoms with Crippen molar-refractivity contribution in [3.63, 3.8) is 0 Å². The molecule has 0 heterocycles. The van der Waals surface area contributed by atoms with Gasteiger partial charge in [-0.05, 0) is 26.9 Å². The summed E-state index contributed by atoms with van der Waals surface area (Å²) in [4.78, 5) is 14.2. The van der Waals surface area contributed by atoms with Crippen molar-refractivity contribution in [1.29, 1.82) is 0 Å². The fraction of sp³-hybridized carbons (Fsp3) is 0.923. The lowest BCUT2D eigenvalue weighted by atomic mass is 9.95. The number of esters is 1. The highest BCUT2D eigenvalue weighted by Gasteiger charge is 2.40. The number of hydrogen-bond donors (Lipinski definition) is 1. The molecule has 0 saturated heterocycles. The first-order chi connectivity index (χ1) is 8.46. The summed E-state index contributed by atoms with van der Waals surface area (Å²) in [7, 11) is 2.99. The lowest BCUT2D eigenvalue weighted by Crippen LogP contribution is -2.59. The van der Waals surface area contributed by atoms with Crippen LogP contribution in [0.5, 0.6) is 0 Å². The maximum atomic E-state index is 11.9. The molecule has 0 amide bonds. The fourth-order valence-corrected chi connectivity index (χ4v) is 1.84. The van der Waals surface area contributed by atoms with Crippen LogP contribution >= 0.6 is 0 Å². The van der Waals surface area contributed by atoms with Crippen molar-refractivity contribution < 1.29 is 14.3 Å². The molecule has 0 aromatic heterocycles. The van der Waals surface area contributed by atoms with Gasteiger partial charge in [-0.2, -0.15) is 0 Å². The molecule has 2 unspecified atom stereocenters. The smallest absolute Gasteiger partial charge is 0.328 e. The summed E-state index contributed by atoms with van der Waals surface area (Å²) in [5, 5.41) is 3.26. The molecule has 5 nitrogen and oxygen atoms in total. The van der Waals surface area contributed by atoms with E-state index in [0.29, 0.717) is 0 Å². The van der Waals surface area contributed by atoms with Crippen molar-refractivity contribution in [3.8, 4) is 0 Å². The summed E-state index contributed by atoms with van der Waals surface area (Å²) in [5.74, 6) is -0.295. The van der Waals surface area contributed by atoms with E-state index in [0.717, 1.165) is 26.2 Å². The number of methoxy groups -OCH3 is 2. The second kappa shape index (κ2) is 8.45. The molecule has 108 valence electrons. The van der Waals surface area contributed by atoms with Gasteiger partial charge in [0.2, 0.25) is 0 Å². The number of nitrogens with zero attached hydrogens (tertiary/aromatic N) is 1. The fourth-order valence-electron chi connectivity index (χ4n) is 1.84. The normalized spacial score (nSPS) is 16.4. The zero-order chi connectivity index (χ0) is 14.2. The van der Waals surface area contributed by atoms with Crippen LogP contribution in [0.2, 0.25) is 0 Å². The lowest BCUT2D eigenvalue weighted by Gasteiger charge is -2.33. The van der Waals surface area contributed by atoms with Gasteiger partial charge >= 0.3 is 5.97 Å². The lowest BCUT2D eigenvalue weighted by molar-refractivity contribution is -0.153. The molecule has 0 aliphatic carbocycles. The minimum absolute atomic E-state index is 0.248. The first-order valence-corrected chi connectivity index (χ1v) is 6.54. The molecule has 5 heteroatoms. The zero-order valence-corrected chi connectivity index (χ0v) is 12.6. The van der Waals surface area contributed by atoms with Crippen molar-refractivity contribution >= 4 is 5.97 Å². The molecular formula is C13H28N2O3. The van der Waals surface area contributed by atoms with E-state index in [2.05, 4.69) is 24.1 Å². The topological polar surface area (TPSA) is 50.8 Å². The van der Waals surface area contributed by atoms with Crippen LogP contribution in [0.25, 0.3) is 0 Å². The third kappa shape index (κ3) is 4.55. The Balaban J connectivity index is 4.48. The molecule has 18 heavy (non-hydrogen) atoms. The van der Waals surface area contributed by atoms with Crippen molar-refractivity contribution in [2.75, 3.05) is 40.4 Å². The van der Waals surface area contributed by atoms with Crippen molar-refractivity contribution in [2.24, 2.45) is 0 Å². The van der Waals surface area contributed by atoms with Gasteiger partial charge in [0.15, 0.2) is 0 Å². The van der Waals surface area contributed by atoms with Gasteiger partial charge in [0, 0.05) is 20.2 Å². The Bertz CT molecular complexity index is 244. The molecule has 0 aliphatic heterocycles. The highest BCUT2D eigenvalue weighted by Crippen LogP contribution is 2.14. The van der Waals surface area contributed by atoms with Gasteiger partial charge in [-0.15, -0.1) is 0 Å². The van der Waals surface area contributed by atoms with E-state index in [9.17, 15) is 4.79 Å². The van der Waals surface area contributed by atoms with Gasteiger partial charge in [-0.25, -0.2) is 4.79 Å². The molecule has 0 aliphatic rings. The number of ether oxygens (including phenoxy) is 2. The first kappa shape index (κ1) is 17.4. The van der Waals surface area contributed by atoms with E-state index in [1.807, 2.05) is 13.8 Å². The van der Waals surface area contributed by atoms with E-state index in [-0.39, 0.29) is 12.1 Å². The molecule has 2 atom stereocenters. The Hall–Kier alpha value is -0.650. The Morgan fingerprint density at radius 2 is 1.89 bits per heavy atom. The number of nitrogens with one attached hydrogen (secondary N) is 1. The SMILES string of the molecule is CCN(CC)CCNC(C)(C(=O)OC)C(C)OC. The highest BCUT2D eigenvalue weighted by molar-refractivity contribution is 5.81. The number of carbonyl (C=O) groups is 1. The maximum absolute atomic E-state index is 11.9. The summed E-state index contributed by atoms with van der Waals surface area (Å²) in [6.45, 7) is 11.6. The summed E-state index contributed by atoms with van der Waals surface area (Å²) in [6, 6.07) is 0. The molecule has 0 bridgehead atoms. The summed E-state index contributed by atoms with van der Waals surface area (Å²) in [5.41, 5.74) is -0.809. The second-order valence-electron chi connectivity index (χ2n) is 4.53. The van der Waals surface area contributed by atoms with Crippen LogP contribution in [0, 0.1) is 0 Å². The monoisotopic (exact) mass is 260 g/mol. The average molecular weight is 260 g/mol. The van der Waals surface area contributed by atoms with Gasteiger partial charge in [-0.1, -0.05) is 13.8 Å². The van der Waals surface area contributed by atoms with Crippen LogP contribution in [-0.2, 0) is 14.3 Å². The van der Waals surface area contributed by atoms with Crippen LogP contribution in [0.4, 0.5) is 0 Å². The molecule has 0 saturated carbocycles. The predicted molar refractivity (Wildman–Crippen MR) is 72.7 cm³/mol. The number of likely N-dealkylation sites (N-methyl/N-ethyl adjacent to an activating group) is 1. The second-order valence-corrected chi connectivity index (χ2v) is 4.53. The predicted octanol–water partition coefficient (Wildman–Crippen LogP) is 0.884. The molecular weight excluding hydrogens is 232 g/mol. The molecule has 0 fully saturated rings. The van der Waals surface area contributed by atoms with Crippen LogP contribution in [0.3, 0.4) is 0 Å². The van der Waals surface area contributed by atoms with E-state index in [1.54, 1.807) is 7.11 Å². The summed E-state index contributed by atoms with van der Waals surface area (Å²) >= 11 is 0. The van der Waals surface area contributed by atoms with E-state index in [4.69, 9.17) is 9.47 Å². The van der Waals surface area contributed by atoms with Crippen LogP contribution in [0.1, 0.15) is 27.7 Å². The van der Waals surface area contributed by atoms with Crippen molar-refractivity contribution in [1.82, 2.24) is 10.2 Å². The van der Waals surface area contributed by atoms with Crippen LogP contribution < -0.4 is 5.32 Å². The third-order valence-electron chi connectivity index (χ3n) is 3.59. The summed E-state index contributed by atoms with van der Waals surface area (Å²) < 4.78 is 10.1. The number of rotatable bonds is 9. The van der Waals surface area contributed by atoms with Gasteiger partial charge in [0.25, 0.3) is 0 Å². The van der Waals surface area contributed by atoms with Crippen molar-refractivity contribution in [3.05, 3.63) is 0 Å². The largest absolute Gasteiger partial charge is 0.468 e. The quantitative estimate of drug-likeness (QED) is 0.624. The molecule has 0 aromatic rings. The van der Waals surface area contributed by atoms with Crippen LogP contribution in [0.15, 0.2) is 0 Å². The first-order valence-electron chi connectivity index (χ1n) is 6.54. The maximum Gasteiger partial charge on any atom is 0.328 e. The third-order valence-corrected chi connectivity index (χ3v) is 3.59. The molecule has 0 rings (SSSR count). The Morgan fingerprint density at radius 1 is 1.33 bits per heavy atom. The number of hydrogen-bond acceptors (Lipinski definition) is 5. The van der Waals surface area contributed by atoms with E-state index < -0.39 is 5.54 Å². The van der Waals surface area contributed by atoms with Gasteiger partial charge < -0.3 is 14.4 Å². The zero-order valence-electron chi connectivity index (χ0n) is 12.6. The molecule has 0 spiro atoms. The molecule has 0 aromatic carbocycles. The molecule has 0 radical (unpaired) electrons. The van der Waals surface area contributed by atoms with E-state index >= 15 is 0 Å². The van der Waals surface area contributed by atoms with Gasteiger partial charge in [0.05, 0.1) is 13.2 Å². The average Bonchev–Trinajstić information content (AvgIpc) is 2.41. The van der Waals surface area contributed by atoms with Crippen molar-refractivity contribution in [2.45, 2.75) is 39.3 Å². The number of carbonyl (C=O) groups excluding carboxylic acids is 1. The summed E-state index contributed by atoms with van der Waals surface area (Å²) in [6.07, 6.45) is -0.248. The highest BCUT2D eigenvalue weighted by atomic mass is 16.5.